The second kappa shape index (κ2) is 7.70. The molecule has 1 aromatic heterocycles. The predicted molar refractivity (Wildman–Crippen MR) is 87.0 cm³/mol. The first-order chi connectivity index (χ1) is 11.2. The highest BCUT2D eigenvalue weighted by Gasteiger charge is 2.26. The van der Waals surface area contributed by atoms with Crippen LogP contribution in [0.2, 0.25) is 0 Å². The van der Waals surface area contributed by atoms with E-state index in [1.165, 1.54) is 0 Å². The van der Waals surface area contributed by atoms with Crippen LogP contribution in [-0.4, -0.2) is 80.2 Å². The quantitative estimate of drug-likeness (QED) is 0.791. The summed E-state index contributed by atoms with van der Waals surface area (Å²) in [5, 5.41) is 27.5. The third kappa shape index (κ3) is 4.09. The lowest BCUT2D eigenvalue weighted by atomic mass is 9.96. The standard InChI is InChI=1S/C16H29N5O2/c1-19-15(12-21-8-4-14(23)5-9-21)17-18-16(19)13-2-6-20(7-3-13)10-11-22/h13-14,22-23H,2-12H2,1H3. The Labute approximate surface area is 137 Å². The second-order valence-corrected chi connectivity index (χ2v) is 6.88. The van der Waals surface area contributed by atoms with E-state index in [4.69, 9.17) is 5.11 Å². The maximum Gasteiger partial charge on any atom is 0.146 e. The maximum atomic E-state index is 9.60. The van der Waals surface area contributed by atoms with Gasteiger partial charge in [-0.2, -0.15) is 0 Å². The largest absolute Gasteiger partial charge is 0.395 e. The van der Waals surface area contributed by atoms with Crippen LogP contribution in [0.15, 0.2) is 0 Å². The fourth-order valence-corrected chi connectivity index (χ4v) is 3.70. The van der Waals surface area contributed by atoms with Gasteiger partial charge in [-0.3, -0.25) is 4.90 Å². The first-order valence-corrected chi connectivity index (χ1v) is 8.79. The normalized spacial score (nSPS) is 22.7. The van der Waals surface area contributed by atoms with Gasteiger partial charge >= 0.3 is 0 Å². The van der Waals surface area contributed by atoms with E-state index in [0.717, 1.165) is 76.6 Å². The Balaban J connectivity index is 1.57. The van der Waals surface area contributed by atoms with E-state index in [1.807, 2.05) is 0 Å². The summed E-state index contributed by atoms with van der Waals surface area (Å²) in [6.07, 6.45) is 3.75. The SMILES string of the molecule is Cn1c(CN2CCC(O)CC2)nnc1C1CCN(CCO)CC1. The molecule has 0 radical (unpaired) electrons. The topological polar surface area (TPSA) is 77.7 Å². The van der Waals surface area contributed by atoms with Crippen molar-refractivity contribution in [3.05, 3.63) is 11.6 Å². The van der Waals surface area contributed by atoms with E-state index in [1.54, 1.807) is 0 Å². The molecule has 23 heavy (non-hydrogen) atoms. The third-order valence-electron chi connectivity index (χ3n) is 5.29. The van der Waals surface area contributed by atoms with Crippen LogP contribution in [0.1, 0.15) is 43.3 Å². The van der Waals surface area contributed by atoms with Crippen molar-refractivity contribution in [1.29, 1.82) is 0 Å². The van der Waals surface area contributed by atoms with Crippen LogP contribution < -0.4 is 0 Å². The van der Waals surface area contributed by atoms with E-state index in [0.29, 0.717) is 5.92 Å². The van der Waals surface area contributed by atoms with E-state index >= 15 is 0 Å². The van der Waals surface area contributed by atoms with Crippen LogP contribution in [0.5, 0.6) is 0 Å². The summed E-state index contributed by atoms with van der Waals surface area (Å²) in [4.78, 5) is 4.66. The molecule has 0 atom stereocenters. The fourth-order valence-electron chi connectivity index (χ4n) is 3.70. The number of hydrogen-bond acceptors (Lipinski definition) is 6. The molecule has 2 aliphatic heterocycles. The highest BCUT2D eigenvalue weighted by atomic mass is 16.3. The minimum absolute atomic E-state index is 0.134. The average Bonchev–Trinajstić information content (AvgIpc) is 2.92. The smallest absolute Gasteiger partial charge is 0.146 e. The van der Waals surface area contributed by atoms with Crippen molar-refractivity contribution in [3.63, 3.8) is 0 Å². The van der Waals surface area contributed by atoms with Crippen molar-refractivity contribution in [2.45, 2.75) is 44.2 Å². The lowest BCUT2D eigenvalue weighted by Crippen LogP contribution is -2.36. The van der Waals surface area contributed by atoms with E-state index in [2.05, 4.69) is 31.6 Å². The molecular formula is C16H29N5O2. The molecule has 2 aliphatic rings. The van der Waals surface area contributed by atoms with Crippen LogP contribution in [0.3, 0.4) is 0 Å². The molecule has 0 aliphatic carbocycles. The molecule has 1 aromatic rings. The maximum absolute atomic E-state index is 9.60. The lowest BCUT2D eigenvalue weighted by Gasteiger charge is -2.31. The highest BCUT2D eigenvalue weighted by molar-refractivity contribution is 5.03. The molecular weight excluding hydrogens is 294 g/mol. The Kier molecular flexibility index (Phi) is 5.63. The Hall–Kier alpha value is -1.02. The molecule has 0 saturated carbocycles. The first-order valence-electron chi connectivity index (χ1n) is 8.79. The average molecular weight is 323 g/mol. The number of likely N-dealkylation sites (tertiary alicyclic amines) is 2. The van der Waals surface area contributed by atoms with Gasteiger partial charge in [0.2, 0.25) is 0 Å². The zero-order valence-electron chi connectivity index (χ0n) is 14.1. The highest BCUT2D eigenvalue weighted by Crippen LogP contribution is 2.27. The number of nitrogens with zero attached hydrogens (tertiary/aromatic N) is 5. The van der Waals surface area contributed by atoms with Gasteiger partial charge in [0.25, 0.3) is 0 Å². The number of aromatic nitrogens is 3. The Bertz CT molecular complexity index is 491. The van der Waals surface area contributed by atoms with Crippen molar-refractivity contribution in [3.8, 4) is 0 Å². The number of aliphatic hydroxyl groups is 2. The third-order valence-corrected chi connectivity index (χ3v) is 5.29. The van der Waals surface area contributed by atoms with Gasteiger partial charge in [-0.1, -0.05) is 0 Å². The van der Waals surface area contributed by atoms with Gasteiger partial charge in [0.1, 0.15) is 11.6 Å². The Morgan fingerprint density at radius 1 is 1.00 bits per heavy atom. The van der Waals surface area contributed by atoms with Crippen molar-refractivity contribution < 1.29 is 10.2 Å². The molecule has 0 unspecified atom stereocenters. The number of hydrogen-bond donors (Lipinski definition) is 2. The molecule has 0 bridgehead atoms. The van der Waals surface area contributed by atoms with Crippen LogP contribution in [0.4, 0.5) is 0 Å². The Morgan fingerprint density at radius 3 is 2.30 bits per heavy atom. The summed E-state index contributed by atoms with van der Waals surface area (Å²) in [5.41, 5.74) is 0. The van der Waals surface area contributed by atoms with Gasteiger partial charge < -0.3 is 19.7 Å². The predicted octanol–water partition coefficient (Wildman–Crippen LogP) is -0.0565. The molecule has 2 saturated heterocycles. The van der Waals surface area contributed by atoms with Gasteiger partial charge in [-0.25, -0.2) is 0 Å². The van der Waals surface area contributed by atoms with Crippen molar-refractivity contribution in [1.82, 2.24) is 24.6 Å². The van der Waals surface area contributed by atoms with Crippen molar-refractivity contribution in [2.24, 2.45) is 7.05 Å². The molecule has 0 amide bonds. The summed E-state index contributed by atoms with van der Waals surface area (Å²) in [7, 11) is 2.07. The number of β-amino-alcohol motifs (C(OH)–C–C–N with tert-alkyl or cyclic N) is 1. The van der Waals surface area contributed by atoms with Gasteiger partial charge in [0, 0.05) is 32.6 Å². The van der Waals surface area contributed by atoms with Gasteiger partial charge in [0.05, 0.1) is 19.3 Å². The Morgan fingerprint density at radius 2 is 1.65 bits per heavy atom. The summed E-state index contributed by atoms with van der Waals surface area (Å²) in [6, 6.07) is 0. The van der Waals surface area contributed by atoms with Crippen LogP contribution in [-0.2, 0) is 13.6 Å². The second-order valence-electron chi connectivity index (χ2n) is 6.88. The number of piperidine rings is 2. The molecule has 0 spiro atoms. The van der Waals surface area contributed by atoms with Crippen LogP contribution in [0.25, 0.3) is 0 Å². The van der Waals surface area contributed by atoms with Gasteiger partial charge in [-0.15, -0.1) is 10.2 Å². The molecule has 3 rings (SSSR count). The van der Waals surface area contributed by atoms with Gasteiger partial charge in [-0.05, 0) is 38.8 Å². The molecule has 2 N–H and O–H groups in total. The molecule has 3 heterocycles. The monoisotopic (exact) mass is 323 g/mol. The van der Waals surface area contributed by atoms with Crippen molar-refractivity contribution in [2.75, 3.05) is 39.3 Å². The summed E-state index contributed by atoms with van der Waals surface area (Å²) >= 11 is 0. The zero-order valence-corrected chi connectivity index (χ0v) is 14.1. The molecule has 0 aromatic carbocycles. The molecule has 2 fully saturated rings. The fraction of sp³-hybridized carbons (Fsp3) is 0.875. The number of rotatable bonds is 5. The van der Waals surface area contributed by atoms with E-state index in [-0.39, 0.29) is 12.7 Å². The molecule has 7 heteroatoms. The van der Waals surface area contributed by atoms with Crippen molar-refractivity contribution >= 4 is 0 Å². The van der Waals surface area contributed by atoms with E-state index < -0.39 is 0 Å². The van der Waals surface area contributed by atoms with Gasteiger partial charge in [0.15, 0.2) is 0 Å². The lowest BCUT2D eigenvalue weighted by molar-refractivity contribution is 0.0775. The first kappa shape index (κ1) is 16.8. The zero-order chi connectivity index (χ0) is 16.2. The van der Waals surface area contributed by atoms with Crippen LogP contribution in [0, 0.1) is 0 Å². The molecule has 7 nitrogen and oxygen atoms in total. The molecule has 130 valence electrons. The van der Waals surface area contributed by atoms with Crippen LogP contribution >= 0.6 is 0 Å². The summed E-state index contributed by atoms with van der Waals surface area (Å²) in [6.45, 7) is 5.75. The number of aliphatic hydroxyl groups excluding tert-OH is 2. The summed E-state index contributed by atoms with van der Waals surface area (Å²) in [5.74, 6) is 2.59. The minimum atomic E-state index is -0.134. The van der Waals surface area contributed by atoms with E-state index in [9.17, 15) is 5.11 Å². The summed E-state index contributed by atoms with van der Waals surface area (Å²) < 4.78 is 2.16. The minimum Gasteiger partial charge on any atom is -0.395 e.